The van der Waals surface area contributed by atoms with Gasteiger partial charge in [-0.25, -0.2) is 0 Å². The molecule has 0 saturated carbocycles. The van der Waals surface area contributed by atoms with E-state index in [0.717, 1.165) is 30.4 Å². The minimum absolute atomic E-state index is 0.0376. The highest BCUT2D eigenvalue weighted by Crippen LogP contribution is 2.07. The Morgan fingerprint density at radius 2 is 2.31 bits per heavy atom. The molecule has 1 amide bonds. The van der Waals surface area contributed by atoms with Gasteiger partial charge in [0.05, 0.1) is 5.69 Å². The predicted molar refractivity (Wildman–Crippen MR) is 68.0 cm³/mol. The molecule has 1 aromatic rings. The first-order valence-corrected chi connectivity index (χ1v) is 6.56. The summed E-state index contributed by atoms with van der Waals surface area (Å²) in [5.74, 6) is 0.0376. The lowest BCUT2D eigenvalue weighted by atomic mass is 10.3. The molecule has 1 heterocycles. The van der Waals surface area contributed by atoms with Gasteiger partial charge in [0.1, 0.15) is 5.69 Å². The van der Waals surface area contributed by atoms with Crippen molar-refractivity contribution in [1.29, 1.82) is 0 Å². The van der Waals surface area contributed by atoms with Crippen LogP contribution >= 0.6 is 15.9 Å². The van der Waals surface area contributed by atoms with Crippen LogP contribution in [-0.4, -0.2) is 39.5 Å². The van der Waals surface area contributed by atoms with Gasteiger partial charge in [0.15, 0.2) is 0 Å². The van der Waals surface area contributed by atoms with Gasteiger partial charge in [-0.1, -0.05) is 22.9 Å². The van der Waals surface area contributed by atoms with Crippen LogP contribution in [-0.2, 0) is 13.5 Å². The number of nitrogens with zero attached hydrogens (tertiary/aromatic N) is 3. The maximum Gasteiger partial charge on any atom is 0.271 e. The van der Waals surface area contributed by atoms with Crippen LogP contribution in [0, 0.1) is 0 Å². The molecule has 0 spiro atoms. The lowest BCUT2D eigenvalue weighted by Gasteiger charge is -2.16. The van der Waals surface area contributed by atoms with E-state index in [-0.39, 0.29) is 5.91 Å². The summed E-state index contributed by atoms with van der Waals surface area (Å²) >= 11 is 3.36. The molecule has 1 aromatic heterocycles. The summed E-state index contributed by atoms with van der Waals surface area (Å²) < 4.78 is 1.66. The van der Waals surface area contributed by atoms with E-state index in [2.05, 4.69) is 21.0 Å². The SMILES string of the molecule is CCc1cc(C(=O)N(C)CCCBr)n(C)n1. The Morgan fingerprint density at radius 1 is 1.62 bits per heavy atom. The Kier molecular flexibility index (Phi) is 4.99. The summed E-state index contributed by atoms with van der Waals surface area (Å²) in [6, 6.07) is 1.87. The van der Waals surface area contributed by atoms with Gasteiger partial charge in [0, 0.05) is 26.0 Å². The highest BCUT2D eigenvalue weighted by Gasteiger charge is 2.16. The molecule has 0 N–H and O–H groups in total. The largest absolute Gasteiger partial charge is 0.340 e. The summed E-state index contributed by atoms with van der Waals surface area (Å²) in [6.45, 7) is 2.79. The average Bonchev–Trinajstić information content (AvgIpc) is 2.66. The molecular formula is C11H18BrN3O. The third kappa shape index (κ3) is 3.07. The smallest absolute Gasteiger partial charge is 0.271 e. The van der Waals surface area contributed by atoms with Crippen LogP contribution in [0.15, 0.2) is 6.07 Å². The summed E-state index contributed by atoms with van der Waals surface area (Å²) in [7, 11) is 3.63. The van der Waals surface area contributed by atoms with E-state index in [0.29, 0.717) is 5.69 Å². The molecule has 16 heavy (non-hydrogen) atoms. The fourth-order valence-corrected chi connectivity index (χ4v) is 1.74. The van der Waals surface area contributed by atoms with Crippen LogP contribution in [0.25, 0.3) is 0 Å². The number of hydrogen-bond donors (Lipinski definition) is 0. The number of amides is 1. The van der Waals surface area contributed by atoms with Crippen LogP contribution in [0.2, 0.25) is 0 Å². The molecule has 0 aromatic carbocycles. The molecular weight excluding hydrogens is 270 g/mol. The van der Waals surface area contributed by atoms with Crippen molar-refractivity contribution in [2.75, 3.05) is 18.9 Å². The zero-order valence-electron chi connectivity index (χ0n) is 10.0. The van der Waals surface area contributed by atoms with Gasteiger partial charge in [0.2, 0.25) is 0 Å². The normalized spacial score (nSPS) is 10.5. The number of halogens is 1. The van der Waals surface area contributed by atoms with Crippen molar-refractivity contribution >= 4 is 21.8 Å². The van der Waals surface area contributed by atoms with Gasteiger partial charge in [-0.15, -0.1) is 0 Å². The van der Waals surface area contributed by atoms with Crippen LogP contribution in [0.4, 0.5) is 0 Å². The maximum atomic E-state index is 12.1. The maximum absolute atomic E-state index is 12.1. The number of carbonyl (C=O) groups is 1. The summed E-state index contributed by atoms with van der Waals surface area (Å²) in [4.78, 5) is 13.8. The zero-order chi connectivity index (χ0) is 12.1. The number of rotatable bonds is 5. The molecule has 0 unspecified atom stereocenters. The van der Waals surface area contributed by atoms with E-state index in [1.54, 1.807) is 9.58 Å². The van der Waals surface area contributed by atoms with Crippen molar-refractivity contribution in [2.45, 2.75) is 19.8 Å². The van der Waals surface area contributed by atoms with Crippen molar-refractivity contribution in [3.63, 3.8) is 0 Å². The highest BCUT2D eigenvalue weighted by atomic mass is 79.9. The van der Waals surface area contributed by atoms with Gasteiger partial charge in [0.25, 0.3) is 5.91 Å². The molecule has 0 radical (unpaired) electrons. The monoisotopic (exact) mass is 287 g/mol. The van der Waals surface area contributed by atoms with Crippen molar-refractivity contribution in [3.05, 3.63) is 17.5 Å². The third-order valence-electron chi connectivity index (χ3n) is 2.49. The molecule has 0 bridgehead atoms. The zero-order valence-corrected chi connectivity index (χ0v) is 11.6. The van der Waals surface area contributed by atoms with Crippen molar-refractivity contribution in [2.24, 2.45) is 7.05 Å². The molecule has 1 rings (SSSR count). The van der Waals surface area contributed by atoms with Crippen molar-refractivity contribution in [3.8, 4) is 0 Å². The van der Waals surface area contributed by atoms with E-state index in [9.17, 15) is 4.79 Å². The molecule has 0 aliphatic rings. The van der Waals surface area contributed by atoms with Crippen molar-refractivity contribution in [1.82, 2.24) is 14.7 Å². The first-order chi connectivity index (χ1) is 7.60. The van der Waals surface area contributed by atoms with E-state index >= 15 is 0 Å². The second kappa shape index (κ2) is 6.03. The van der Waals surface area contributed by atoms with Gasteiger partial charge in [-0.3, -0.25) is 9.48 Å². The second-order valence-corrected chi connectivity index (χ2v) is 4.56. The molecule has 90 valence electrons. The number of hydrogen-bond acceptors (Lipinski definition) is 2. The van der Waals surface area contributed by atoms with Gasteiger partial charge in [-0.2, -0.15) is 5.10 Å². The number of alkyl halides is 1. The summed E-state index contributed by atoms with van der Waals surface area (Å²) in [5.41, 5.74) is 1.62. The van der Waals surface area contributed by atoms with Crippen LogP contribution < -0.4 is 0 Å². The van der Waals surface area contributed by atoms with E-state index < -0.39 is 0 Å². The number of aryl methyl sites for hydroxylation is 2. The standard InChI is InChI=1S/C11H18BrN3O/c1-4-9-8-10(15(3)13-9)11(16)14(2)7-5-6-12/h8H,4-7H2,1-3H3. The Balaban J connectivity index is 2.75. The van der Waals surface area contributed by atoms with Crippen LogP contribution in [0.1, 0.15) is 29.5 Å². The van der Waals surface area contributed by atoms with Gasteiger partial charge >= 0.3 is 0 Å². The second-order valence-electron chi connectivity index (χ2n) is 3.77. The third-order valence-corrected chi connectivity index (χ3v) is 3.05. The Bertz CT molecular complexity index is 362. The topological polar surface area (TPSA) is 38.1 Å². The Labute approximate surface area is 105 Å². The lowest BCUT2D eigenvalue weighted by Crippen LogP contribution is -2.29. The first-order valence-electron chi connectivity index (χ1n) is 5.44. The molecule has 0 aliphatic carbocycles. The molecule has 5 heteroatoms. The van der Waals surface area contributed by atoms with Crippen LogP contribution in [0.5, 0.6) is 0 Å². The molecule has 0 saturated heterocycles. The van der Waals surface area contributed by atoms with E-state index in [1.807, 2.05) is 27.1 Å². The van der Waals surface area contributed by atoms with E-state index in [1.165, 1.54) is 0 Å². The minimum Gasteiger partial charge on any atom is -0.340 e. The van der Waals surface area contributed by atoms with Crippen LogP contribution in [0.3, 0.4) is 0 Å². The highest BCUT2D eigenvalue weighted by molar-refractivity contribution is 9.09. The van der Waals surface area contributed by atoms with Gasteiger partial charge < -0.3 is 4.90 Å². The number of aromatic nitrogens is 2. The predicted octanol–water partition coefficient (Wildman–Crippen LogP) is 1.84. The Morgan fingerprint density at radius 3 is 2.81 bits per heavy atom. The van der Waals surface area contributed by atoms with E-state index in [4.69, 9.17) is 0 Å². The molecule has 0 fully saturated rings. The fourth-order valence-electron chi connectivity index (χ4n) is 1.49. The quantitative estimate of drug-likeness (QED) is 0.775. The molecule has 0 aliphatic heterocycles. The first kappa shape index (κ1) is 13.2. The lowest BCUT2D eigenvalue weighted by molar-refractivity contribution is 0.0785. The minimum atomic E-state index is 0.0376. The molecule has 4 nitrogen and oxygen atoms in total. The average molecular weight is 288 g/mol. The van der Waals surface area contributed by atoms with Gasteiger partial charge in [-0.05, 0) is 18.9 Å². The Hall–Kier alpha value is -0.840. The summed E-state index contributed by atoms with van der Waals surface area (Å²) in [6.07, 6.45) is 1.81. The van der Waals surface area contributed by atoms with Crippen molar-refractivity contribution < 1.29 is 4.79 Å². The molecule has 0 atom stereocenters. The fraction of sp³-hybridized carbons (Fsp3) is 0.636. The number of carbonyl (C=O) groups excluding carboxylic acids is 1. The summed E-state index contributed by atoms with van der Waals surface area (Å²) in [5, 5.41) is 5.19.